The van der Waals surface area contributed by atoms with E-state index in [2.05, 4.69) is 9.71 Å². The van der Waals surface area contributed by atoms with Gasteiger partial charge in [-0.15, -0.1) is 11.3 Å². The molecule has 2 aromatic rings. The van der Waals surface area contributed by atoms with Crippen LogP contribution in [0.25, 0.3) is 0 Å². The summed E-state index contributed by atoms with van der Waals surface area (Å²) in [4.78, 5) is 15.4. The zero-order valence-corrected chi connectivity index (χ0v) is 14.0. The first-order chi connectivity index (χ1) is 10.2. The van der Waals surface area contributed by atoms with Gasteiger partial charge < -0.3 is 5.11 Å². The third-order valence-electron chi connectivity index (χ3n) is 3.29. The lowest BCUT2D eigenvalue weighted by molar-refractivity contribution is 0.0701. The van der Waals surface area contributed by atoms with Crippen LogP contribution in [0, 0.1) is 20.8 Å². The van der Waals surface area contributed by atoms with Crippen molar-refractivity contribution in [2.45, 2.75) is 32.2 Å². The minimum absolute atomic E-state index is 0.0332. The molecular formula is C14H16N2O4S2. The van der Waals surface area contributed by atoms with E-state index in [0.29, 0.717) is 16.3 Å². The van der Waals surface area contributed by atoms with Gasteiger partial charge in [-0.05, 0) is 38.0 Å². The van der Waals surface area contributed by atoms with Crippen LogP contribution in [0.4, 0.5) is 0 Å². The average molecular weight is 340 g/mol. The van der Waals surface area contributed by atoms with Crippen molar-refractivity contribution >= 4 is 27.3 Å². The number of thiazole rings is 1. The molecule has 22 heavy (non-hydrogen) atoms. The Bertz CT molecular complexity index is 825. The van der Waals surface area contributed by atoms with Gasteiger partial charge in [0.05, 0.1) is 17.1 Å². The average Bonchev–Trinajstić information content (AvgIpc) is 2.81. The highest BCUT2D eigenvalue weighted by molar-refractivity contribution is 7.89. The lowest BCUT2D eigenvalue weighted by Gasteiger charge is -2.10. The Hall–Kier alpha value is -1.77. The first kappa shape index (κ1) is 16.6. The van der Waals surface area contributed by atoms with E-state index in [-0.39, 0.29) is 16.3 Å². The quantitative estimate of drug-likeness (QED) is 0.870. The molecule has 1 aromatic carbocycles. The van der Waals surface area contributed by atoms with Gasteiger partial charge >= 0.3 is 5.97 Å². The summed E-state index contributed by atoms with van der Waals surface area (Å²) >= 11 is 0.973. The Morgan fingerprint density at radius 1 is 1.32 bits per heavy atom. The van der Waals surface area contributed by atoms with Crippen molar-refractivity contribution in [2.75, 3.05) is 0 Å². The van der Waals surface area contributed by atoms with E-state index in [1.807, 2.05) is 13.0 Å². The van der Waals surface area contributed by atoms with Crippen molar-refractivity contribution in [1.29, 1.82) is 0 Å². The summed E-state index contributed by atoms with van der Waals surface area (Å²) in [5.74, 6) is -1.06. The fraction of sp³-hybridized carbons (Fsp3) is 0.286. The molecule has 1 aromatic heterocycles. The number of nitrogens with one attached hydrogen (secondary N) is 1. The fourth-order valence-corrected chi connectivity index (χ4v) is 4.21. The van der Waals surface area contributed by atoms with Crippen molar-refractivity contribution in [3.63, 3.8) is 0 Å². The van der Waals surface area contributed by atoms with Crippen LogP contribution in [0.5, 0.6) is 0 Å². The second-order valence-electron chi connectivity index (χ2n) is 4.85. The number of carboxylic acid groups (broad SMARTS) is 1. The molecule has 2 rings (SSSR count). The van der Waals surface area contributed by atoms with Gasteiger partial charge in [-0.1, -0.05) is 12.1 Å². The summed E-state index contributed by atoms with van der Waals surface area (Å²) in [5, 5.41) is 9.40. The Labute approximate surface area is 132 Å². The minimum atomic E-state index is -3.67. The first-order valence-corrected chi connectivity index (χ1v) is 8.78. The molecule has 0 spiro atoms. The molecule has 0 amide bonds. The van der Waals surface area contributed by atoms with Gasteiger partial charge in [-0.3, -0.25) is 0 Å². The summed E-state index contributed by atoms with van der Waals surface area (Å²) in [6, 6.07) is 5.07. The van der Waals surface area contributed by atoms with E-state index in [1.165, 1.54) is 0 Å². The number of nitrogens with zero attached hydrogens (tertiary/aromatic N) is 1. The Balaban J connectivity index is 2.22. The number of aromatic nitrogens is 1. The van der Waals surface area contributed by atoms with Gasteiger partial charge in [0.1, 0.15) is 9.88 Å². The lowest BCUT2D eigenvalue weighted by atomic mass is 10.1. The molecule has 0 saturated carbocycles. The number of carboxylic acids is 1. The monoisotopic (exact) mass is 340 g/mol. The van der Waals surface area contributed by atoms with Gasteiger partial charge in [0.2, 0.25) is 10.0 Å². The van der Waals surface area contributed by atoms with Crippen LogP contribution in [-0.2, 0) is 16.6 Å². The predicted octanol–water partition coefficient (Wildman–Crippen LogP) is 2.25. The van der Waals surface area contributed by atoms with Crippen LogP contribution in [0.15, 0.2) is 23.1 Å². The van der Waals surface area contributed by atoms with Gasteiger partial charge in [-0.25, -0.2) is 22.9 Å². The molecule has 118 valence electrons. The highest BCUT2D eigenvalue weighted by atomic mass is 32.2. The highest BCUT2D eigenvalue weighted by Gasteiger charge is 2.19. The van der Waals surface area contributed by atoms with E-state index in [9.17, 15) is 13.2 Å². The molecule has 0 radical (unpaired) electrons. The number of aryl methyl sites for hydroxylation is 2. The number of rotatable bonds is 5. The SMILES string of the molecule is Cc1cccc(S(=O)(=O)NCc2nc(C)c(C(=O)O)s2)c1C. The van der Waals surface area contributed by atoms with Crippen LogP contribution in [-0.4, -0.2) is 24.5 Å². The molecular weight excluding hydrogens is 324 g/mol. The standard InChI is InChI=1S/C14H16N2O4S2/c1-8-5-4-6-11(9(8)2)22(19,20)15-7-12-16-10(3)13(21-12)14(17)18/h4-6,15H,7H2,1-3H3,(H,17,18). The molecule has 0 fully saturated rings. The summed E-state index contributed by atoms with van der Waals surface area (Å²) < 4.78 is 27.2. The van der Waals surface area contributed by atoms with E-state index in [0.717, 1.165) is 16.9 Å². The number of benzene rings is 1. The van der Waals surface area contributed by atoms with Gasteiger partial charge in [0.25, 0.3) is 0 Å². The van der Waals surface area contributed by atoms with Crippen molar-refractivity contribution in [3.05, 3.63) is 44.9 Å². The van der Waals surface area contributed by atoms with Crippen molar-refractivity contribution < 1.29 is 18.3 Å². The normalized spacial score (nSPS) is 11.6. The van der Waals surface area contributed by atoms with E-state index in [4.69, 9.17) is 5.11 Å². The van der Waals surface area contributed by atoms with E-state index >= 15 is 0 Å². The smallest absolute Gasteiger partial charge is 0.347 e. The Morgan fingerprint density at radius 3 is 2.59 bits per heavy atom. The number of sulfonamides is 1. The maximum atomic E-state index is 12.4. The lowest BCUT2D eigenvalue weighted by Crippen LogP contribution is -2.24. The molecule has 0 saturated heterocycles. The molecule has 0 unspecified atom stereocenters. The van der Waals surface area contributed by atoms with Gasteiger partial charge in [0.15, 0.2) is 0 Å². The van der Waals surface area contributed by atoms with Crippen molar-refractivity contribution in [1.82, 2.24) is 9.71 Å². The summed E-state index contributed by atoms with van der Waals surface area (Å²) in [7, 11) is -3.67. The van der Waals surface area contributed by atoms with Crippen LogP contribution in [0.2, 0.25) is 0 Å². The second kappa shape index (κ2) is 6.15. The van der Waals surface area contributed by atoms with Crippen LogP contribution < -0.4 is 4.72 Å². The number of aromatic carboxylic acids is 1. The maximum Gasteiger partial charge on any atom is 0.347 e. The molecule has 0 aliphatic rings. The van der Waals surface area contributed by atoms with Crippen LogP contribution in [0.1, 0.15) is 31.5 Å². The summed E-state index contributed by atoms with van der Waals surface area (Å²) in [6.07, 6.45) is 0. The number of carbonyl (C=O) groups is 1. The van der Waals surface area contributed by atoms with Gasteiger partial charge in [0, 0.05) is 0 Å². The molecule has 2 N–H and O–H groups in total. The van der Waals surface area contributed by atoms with Gasteiger partial charge in [-0.2, -0.15) is 0 Å². The van der Waals surface area contributed by atoms with Crippen molar-refractivity contribution in [2.24, 2.45) is 0 Å². The largest absolute Gasteiger partial charge is 0.477 e. The van der Waals surface area contributed by atoms with E-state index < -0.39 is 16.0 Å². The zero-order chi connectivity index (χ0) is 16.5. The number of hydrogen-bond acceptors (Lipinski definition) is 5. The molecule has 8 heteroatoms. The molecule has 6 nitrogen and oxygen atoms in total. The van der Waals surface area contributed by atoms with Crippen LogP contribution in [0.3, 0.4) is 0 Å². The molecule has 1 heterocycles. The van der Waals surface area contributed by atoms with Crippen LogP contribution >= 0.6 is 11.3 Å². The predicted molar refractivity (Wildman–Crippen MR) is 83.8 cm³/mol. The maximum absolute atomic E-state index is 12.4. The topological polar surface area (TPSA) is 96.4 Å². The van der Waals surface area contributed by atoms with Crippen molar-refractivity contribution in [3.8, 4) is 0 Å². The highest BCUT2D eigenvalue weighted by Crippen LogP contribution is 2.20. The number of hydrogen-bond donors (Lipinski definition) is 2. The molecule has 0 aliphatic carbocycles. The zero-order valence-electron chi connectivity index (χ0n) is 12.4. The second-order valence-corrected chi connectivity index (χ2v) is 7.67. The van der Waals surface area contributed by atoms with E-state index in [1.54, 1.807) is 26.0 Å². The molecule has 0 aliphatic heterocycles. The summed E-state index contributed by atoms with van der Waals surface area (Å²) in [5.41, 5.74) is 1.97. The third kappa shape index (κ3) is 3.34. The first-order valence-electron chi connectivity index (χ1n) is 6.48. The third-order valence-corrected chi connectivity index (χ3v) is 5.98. The fourth-order valence-electron chi connectivity index (χ4n) is 1.98. The Kier molecular flexibility index (Phi) is 4.64. The minimum Gasteiger partial charge on any atom is -0.477 e. The molecule has 0 atom stereocenters. The Morgan fingerprint density at radius 2 is 2.00 bits per heavy atom. The summed E-state index contributed by atoms with van der Waals surface area (Å²) in [6.45, 7) is 5.15. The molecule has 0 bridgehead atoms.